The average Bonchev–Trinajstić information content (AvgIpc) is 4.01. The fraction of sp³-hybridized carbons (Fsp3) is 0.520. The van der Waals surface area contributed by atoms with Crippen molar-refractivity contribution < 1.29 is 38.2 Å². The number of ether oxygens (including phenoxy) is 2. The number of anilines is 1. The van der Waals surface area contributed by atoms with Gasteiger partial charge in [-0.05, 0) is 88.5 Å². The number of carbonyl (C=O) groups excluding carboxylic acids is 2. The number of nitrogens with zero attached hydrogens (tertiary/aromatic N) is 11. The molecule has 2 amide bonds. The summed E-state index contributed by atoms with van der Waals surface area (Å²) in [6.07, 6.45) is 10.3. The highest BCUT2D eigenvalue weighted by molar-refractivity contribution is 7.16. The summed E-state index contributed by atoms with van der Waals surface area (Å²) in [6.45, 7) is 11.1. The Labute approximate surface area is 430 Å². The van der Waals surface area contributed by atoms with Crippen LogP contribution in [-0.2, 0) is 22.6 Å². The lowest BCUT2D eigenvalue weighted by atomic mass is 9.85. The topological polar surface area (TPSA) is 270 Å². The Kier molecular flexibility index (Phi) is 17.0. The van der Waals surface area contributed by atoms with Crippen molar-refractivity contribution in [2.75, 3.05) is 51.7 Å². The minimum Gasteiger partial charge on any atom is -0.508 e. The van der Waals surface area contributed by atoms with Gasteiger partial charge in [-0.15, -0.1) is 22.7 Å². The maximum absolute atomic E-state index is 15.7. The van der Waals surface area contributed by atoms with Gasteiger partial charge in [-0.3, -0.25) is 9.59 Å². The Morgan fingerprint density at radius 1 is 1.12 bits per heavy atom. The van der Waals surface area contributed by atoms with E-state index in [1.807, 2.05) is 26.0 Å². The number of hydrogen-bond donors (Lipinski definition) is 4. The smallest absolute Gasteiger partial charge is 0.317 e. The number of piperidine rings is 1. The summed E-state index contributed by atoms with van der Waals surface area (Å²) in [5.41, 5.74) is 10.8. The minimum absolute atomic E-state index is 0.0129. The number of likely N-dealkylation sites (tertiary alicyclic amines) is 2. The van der Waals surface area contributed by atoms with Gasteiger partial charge in [0.25, 0.3) is 5.88 Å². The second-order valence-electron chi connectivity index (χ2n) is 19.2. The summed E-state index contributed by atoms with van der Waals surface area (Å²) in [7, 11) is 0. The van der Waals surface area contributed by atoms with Gasteiger partial charge in [0.1, 0.15) is 41.3 Å². The normalized spacial score (nSPS) is 19.0. The second-order valence-corrected chi connectivity index (χ2v) is 21.2. The van der Waals surface area contributed by atoms with E-state index in [9.17, 15) is 25.1 Å². The Morgan fingerprint density at radius 2 is 1.92 bits per heavy atom. The van der Waals surface area contributed by atoms with Crippen LogP contribution in [0.5, 0.6) is 17.6 Å². The first-order chi connectivity index (χ1) is 35.2. The fourth-order valence-corrected chi connectivity index (χ4v) is 11.1. The number of rotatable bonds is 16. The van der Waals surface area contributed by atoms with Crippen molar-refractivity contribution in [3.05, 3.63) is 75.3 Å². The number of fused-ring (bicyclic) bond motifs is 1. The summed E-state index contributed by atoms with van der Waals surface area (Å²) in [5.74, 6) is 0.772. The van der Waals surface area contributed by atoms with Gasteiger partial charge in [-0.1, -0.05) is 47.9 Å². The van der Waals surface area contributed by atoms with E-state index in [1.165, 1.54) is 28.6 Å². The number of benzene rings is 1. The monoisotopic (exact) mass is 1040 g/mol. The third kappa shape index (κ3) is 13.0. The number of phenols is 1. The lowest BCUT2D eigenvalue weighted by Crippen LogP contribution is -2.47. The first-order valence-corrected chi connectivity index (χ1v) is 26.4. The van der Waals surface area contributed by atoms with Crippen LogP contribution in [-0.4, -0.2) is 130 Å². The molecule has 7 heterocycles. The molecule has 0 spiro atoms. The maximum atomic E-state index is 15.7. The number of phenolic OH excluding ortho intramolecular Hbond substituents is 1. The molecule has 4 aliphatic rings. The number of nitrogens with two attached hydrogens (primary N) is 1. The summed E-state index contributed by atoms with van der Waals surface area (Å²) in [5, 5.41) is 44.6. The number of alkyl halides is 1. The number of nitrogens with one attached hydrogen (secondary N) is 1. The average molecular weight is 1040 g/mol. The molecule has 2 aliphatic carbocycles. The van der Waals surface area contributed by atoms with E-state index in [0.717, 1.165) is 65.2 Å². The molecule has 0 bridgehead atoms. The van der Waals surface area contributed by atoms with Gasteiger partial charge in [0.2, 0.25) is 24.0 Å². The van der Waals surface area contributed by atoms with Crippen molar-refractivity contribution in [3.8, 4) is 45.7 Å². The van der Waals surface area contributed by atoms with Crippen LogP contribution >= 0.6 is 22.7 Å². The highest BCUT2D eigenvalue weighted by atomic mass is 32.1. The van der Waals surface area contributed by atoms with E-state index >= 15 is 4.39 Å². The number of thiophene rings is 1. The van der Waals surface area contributed by atoms with Gasteiger partial charge in [-0.25, -0.2) is 19.0 Å². The van der Waals surface area contributed by atoms with Crippen LogP contribution in [0.4, 0.5) is 9.39 Å². The quantitative estimate of drug-likeness (QED) is 0.0727. The number of hydrogen-bond acceptors (Lipinski definition) is 19. The highest BCUT2D eigenvalue weighted by Gasteiger charge is 2.47. The Balaban J connectivity index is 0.000000283. The summed E-state index contributed by atoms with van der Waals surface area (Å²) < 4.78 is 34.6. The molecule has 1 saturated carbocycles. The predicted octanol–water partition coefficient (Wildman–Crippen LogP) is 6.78. The number of nitriles is 1. The number of aliphatic hydroxyl groups excluding tert-OH is 1. The third-order valence-electron chi connectivity index (χ3n) is 13.4. The molecule has 20 nitrogen and oxygen atoms in total. The van der Waals surface area contributed by atoms with Crippen molar-refractivity contribution in [2.24, 2.45) is 5.41 Å². The zero-order chi connectivity index (χ0) is 51.7. The molecule has 3 unspecified atom stereocenters. The lowest BCUT2D eigenvalue weighted by Gasteiger charge is -2.37. The third-order valence-corrected chi connectivity index (χ3v) is 15.5. The Bertz CT molecular complexity index is 2870. The standard InChI is InChI=1S/C34H40FN11O5S.C13H14N2O2S.C3H8/c35-34(20-49-26-16-46(43-41-26)17-27(48)45-11-5-21(47)15-45)8-12-44(13-9-34)18-33(6-7-33)19-50-32-38-10-4-24(39-32)30-40-31(51-42-30)22-2-1-3-25-28(22)23(14-36)29(37)52-25;1-8(14-6-16)11-4-3-10(5-12(11)17)13-9(2)15-7-18-13;1-3-2/h4,10,16,21-22,47H,1-3,5-9,11-13,15,17-20,37H2;3-8,17H,1-2H3,(H,14,16);3H2,1-2H3. The van der Waals surface area contributed by atoms with Crippen LogP contribution in [0.1, 0.15) is 117 Å². The zero-order valence-corrected chi connectivity index (χ0v) is 43.1. The molecule has 6 aromatic rings. The molecule has 0 radical (unpaired) electrons. The molecular formula is C50H62FN13O7S2. The zero-order valence-electron chi connectivity index (χ0n) is 41.5. The van der Waals surface area contributed by atoms with E-state index in [0.29, 0.717) is 92.0 Å². The number of thiazole rings is 1. The number of amides is 2. The first-order valence-electron chi connectivity index (χ1n) is 24.7. The van der Waals surface area contributed by atoms with E-state index < -0.39 is 11.8 Å². The summed E-state index contributed by atoms with van der Waals surface area (Å²) >= 11 is 3.00. The van der Waals surface area contributed by atoms with E-state index in [-0.39, 0.29) is 54.1 Å². The van der Waals surface area contributed by atoms with Crippen molar-refractivity contribution >= 4 is 40.0 Å². The van der Waals surface area contributed by atoms with Crippen molar-refractivity contribution in [3.63, 3.8) is 0 Å². The van der Waals surface area contributed by atoms with Crippen LogP contribution in [0.3, 0.4) is 0 Å². The molecule has 3 atom stereocenters. The van der Waals surface area contributed by atoms with Gasteiger partial charge < -0.3 is 45.1 Å². The molecule has 2 saturated heterocycles. The number of carbonyl (C=O) groups is 2. The Morgan fingerprint density at radius 3 is 2.60 bits per heavy atom. The van der Waals surface area contributed by atoms with Gasteiger partial charge in [0.15, 0.2) is 0 Å². The summed E-state index contributed by atoms with van der Waals surface area (Å²) in [6, 6.07) is 9.43. The molecule has 3 fully saturated rings. The maximum Gasteiger partial charge on any atom is 0.317 e. The van der Waals surface area contributed by atoms with Crippen LogP contribution in [0.2, 0.25) is 0 Å². The molecule has 10 rings (SSSR count). The SMILES string of the molecule is CCC.Cc1ncsc1-c1ccc(C(C)NC=O)c(O)c1.N#Cc1c(N)sc2c1C(c1nc(-c3ccnc(OCC4(CN5CCC(F)(COc6cn(CC(=O)N7CCC(O)C7)nn6)CC5)CC4)n3)no1)CCC2. The molecule has 73 heavy (non-hydrogen) atoms. The van der Waals surface area contributed by atoms with Gasteiger partial charge in [-0.2, -0.15) is 15.2 Å². The number of nitrogen functional groups attached to an aromatic ring is 1. The van der Waals surface area contributed by atoms with Gasteiger partial charge in [0, 0.05) is 54.8 Å². The predicted molar refractivity (Wildman–Crippen MR) is 270 cm³/mol. The largest absolute Gasteiger partial charge is 0.508 e. The van der Waals surface area contributed by atoms with Crippen LogP contribution in [0.25, 0.3) is 22.0 Å². The molecular weight excluding hydrogens is 978 g/mol. The number of halogens is 1. The molecule has 5 aromatic heterocycles. The van der Waals surface area contributed by atoms with Crippen molar-refractivity contribution in [1.82, 2.24) is 55.2 Å². The van der Waals surface area contributed by atoms with Crippen molar-refractivity contribution in [1.29, 1.82) is 5.26 Å². The fourth-order valence-electron chi connectivity index (χ4n) is 9.18. The van der Waals surface area contributed by atoms with Crippen LogP contribution in [0, 0.1) is 23.7 Å². The lowest BCUT2D eigenvalue weighted by molar-refractivity contribution is -0.131. The first kappa shape index (κ1) is 52.7. The van der Waals surface area contributed by atoms with E-state index in [4.69, 9.17) is 19.7 Å². The minimum atomic E-state index is -1.49. The Hall–Kier alpha value is -6.61. The second kappa shape index (κ2) is 23.5. The van der Waals surface area contributed by atoms with Gasteiger partial charge >= 0.3 is 6.01 Å². The van der Waals surface area contributed by atoms with Crippen molar-refractivity contribution in [2.45, 2.75) is 116 Å². The number of aromatic hydroxyl groups is 1. The number of aryl methyl sites for hydroxylation is 2. The molecule has 23 heteroatoms. The summed E-state index contributed by atoms with van der Waals surface area (Å²) in [4.78, 5) is 46.5. The van der Waals surface area contributed by atoms with Crippen LogP contribution in [0.15, 0.2) is 46.7 Å². The molecule has 2 aliphatic heterocycles. The molecule has 1 aromatic carbocycles. The van der Waals surface area contributed by atoms with Gasteiger partial charge in [0.05, 0.1) is 52.5 Å². The molecule has 5 N–H and O–H groups in total. The number of aromatic nitrogens is 8. The van der Waals surface area contributed by atoms with E-state index in [1.54, 1.807) is 40.1 Å². The van der Waals surface area contributed by atoms with E-state index in [2.05, 4.69) is 65.5 Å². The molecule has 388 valence electrons. The highest BCUT2D eigenvalue weighted by Crippen LogP contribution is 2.48. The number of aliphatic hydroxyl groups is 1. The van der Waals surface area contributed by atoms with Crippen LogP contribution < -0.4 is 20.5 Å². The number of β-amino-alcohol motifs (C(OH)–C–C–N with tert-alkyl or cyclic N) is 1.